The van der Waals surface area contributed by atoms with Gasteiger partial charge in [0.2, 0.25) is 0 Å². The van der Waals surface area contributed by atoms with Gasteiger partial charge in [-0.05, 0) is 43.5 Å². The number of aromatic amines is 1. The number of benzene rings is 1. The Balaban J connectivity index is 2.70. The van der Waals surface area contributed by atoms with Crippen molar-refractivity contribution in [3.63, 3.8) is 0 Å². The van der Waals surface area contributed by atoms with E-state index in [1.165, 1.54) is 6.20 Å². The fourth-order valence-electron chi connectivity index (χ4n) is 2.29. The summed E-state index contributed by atoms with van der Waals surface area (Å²) in [5, 5.41) is 15.8. The molecule has 100 valence electrons. The number of carboxylic acids is 1. The summed E-state index contributed by atoms with van der Waals surface area (Å²) in [5.74, 6) is -0.160. The van der Waals surface area contributed by atoms with Gasteiger partial charge in [0.05, 0.1) is 19.0 Å². The Morgan fingerprint density at radius 2 is 2.00 bits per heavy atom. The molecular weight excluding hydrogens is 244 g/mol. The van der Waals surface area contributed by atoms with Crippen molar-refractivity contribution >= 4 is 5.97 Å². The molecule has 2 N–H and O–H groups in total. The molecule has 1 aromatic heterocycles. The lowest BCUT2D eigenvalue weighted by atomic mass is 9.95. The predicted molar refractivity (Wildman–Crippen MR) is 71.7 cm³/mol. The maximum Gasteiger partial charge on any atom is 0.339 e. The Morgan fingerprint density at radius 1 is 1.32 bits per heavy atom. The van der Waals surface area contributed by atoms with Crippen molar-refractivity contribution in [2.45, 2.75) is 20.8 Å². The number of hydrogen-bond acceptors (Lipinski definition) is 3. The highest BCUT2D eigenvalue weighted by Crippen LogP contribution is 2.34. The van der Waals surface area contributed by atoms with Gasteiger partial charge in [-0.25, -0.2) is 4.79 Å². The Kier molecular flexibility index (Phi) is 3.29. The first-order chi connectivity index (χ1) is 8.97. The van der Waals surface area contributed by atoms with Gasteiger partial charge in [-0.1, -0.05) is 0 Å². The van der Waals surface area contributed by atoms with Crippen LogP contribution in [0.2, 0.25) is 0 Å². The van der Waals surface area contributed by atoms with Crippen LogP contribution in [0.5, 0.6) is 5.75 Å². The summed E-state index contributed by atoms with van der Waals surface area (Å²) in [5.41, 5.74) is 4.49. The van der Waals surface area contributed by atoms with Gasteiger partial charge >= 0.3 is 5.97 Å². The predicted octanol–water partition coefficient (Wildman–Crippen LogP) is 2.71. The maximum atomic E-state index is 11.2. The zero-order valence-electron chi connectivity index (χ0n) is 11.4. The van der Waals surface area contributed by atoms with E-state index in [0.29, 0.717) is 5.69 Å². The van der Waals surface area contributed by atoms with Crippen molar-refractivity contribution in [1.29, 1.82) is 0 Å². The van der Waals surface area contributed by atoms with Crippen molar-refractivity contribution < 1.29 is 14.6 Å². The van der Waals surface area contributed by atoms with E-state index in [2.05, 4.69) is 10.2 Å². The van der Waals surface area contributed by atoms with Crippen molar-refractivity contribution in [2.24, 2.45) is 0 Å². The van der Waals surface area contributed by atoms with Crippen LogP contribution in [0.15, 0.2) is 12.3 Å². The number of aryl methyl sites for hydroxylation is 1. The molecule has 5 nitrogen and oxygen atoms in total. The molecule has 2 rings (SSSR count). The summed E-state index contributed by atoms with van der Waals surface area (Å²) >= 11 is 0. The van der Waals surface area contributed by atoms with Gasteiger partial charge in [0.1, 0.15) is 11.3 Å². The Hall–Kier alpha value is -2.30. The van der Waals surface area contributed by atoms with Gasteiger partial charge in [-0.15, -0.1) is 0 Å². The zero-order chi connectivity index (χ0) is 14.2. The van der Waals surface area contributed by atoms with Crippen LogP contribution in [0.4, 0.5) is 0 Å². The second-order valence-corrected chi connectivity index (χ2v) is 4.49. The van der Waals surface area contributed by atoms with Crippen LogP contribution in [0.25, 0.3) is 11.3 Å². The fraction of sp³-hybridized carbons (Fsp3) is 0.286. The second-order valence-electron chi connectivity index (χ2n) is 4.49. The lowest BCUT2D eigenvalue weighted by molar-refractivity contribution is 0.0698. The summed E-state index contributed by atoms with van der Waals surface area (Å²) < 4.78 is 5.36. The van der Waals surface area contributed by atoms with Gasteiger partial charge in [0.25, 0.3) is 0 Å². The normalized spacial score (nSPS) is 10.5. The molecule has 19 heavy (non-hydrogen) atoms. The minimum atomic E-state index is -0.991. The van der Waals surface area contributed by atoms with Crippen LogP contribution in [-0.4, -0.2) is 28.4 Å². The van der Waals surface area contributed by atoms with Crippen LogP contribution in [-0.2, 0) is 0 Å². The number of aromatic nitrogens is 2. The monoisotopic (exact) mass is 260 g/mol. The number of carbonyl (C=O) groups is 1. The third-order valence-corrected chi connectivity index (χ3v) is 3.37. The molecule has 0 amide bonds. The lowest BCUT2D eigenvalue weighted by Gasteiger charge is -2.15. The van der Waals surface area contributed by atoms with Crippen LogP contribution in [0.1, 0.15) is 27.0 Å². The Labute approximate surface area is 111 Å². The molecule has 0 atom stereocenters. The molecule has 0 saturated heterocycles. The number of methoxy groups -OCH3 is 1. The molecule has 0 spiro atoms. The number of rotatable bonds is 3. The van der Waals surface area contributed by atoms with Crippen molar-refractivity contribution in [3.05, 3.63) is 34.5 Å². The van der Waals surface area contributed by atoms with E-state index in [1.54, 1.807) is 7.11 Å². The van der Waals surface area contributed by atoms with Crippen LogP contribution >= 0.6 is 0 Å². The number of hydrogen-bond donors (Lipinski definition) is 2. The number of nitrogens with zero attached hydrogens (tertiary/aromatic N) is 1. The van der Waals surface area contributed by atoms with E-state index in [4.69, 9.17) is 9.84 Å². The number of H-pyrrole nitrogens is 1. The smallest absolute Gasteiger partial charge is 0.339 e. The average Bonchev–Trinajstić information content (AvgIpc) is 2.83. The maximum absolute atomic E-state index is 11.2. The molecule has 2 aromatic rings. The van der Waals surface area contributed by atoms with E-state index >= 15 is 0 Å². The van der Waals surface area contributed by atoms with Crippen LogP contribution in [0.3, 0.4) is 0 Å². The standard InChI is InChI=1S/C14H16N2O3/c1-7-5-10(8(2)9(3)13(7)19-4)12-11(14(17)18)6-15-16-12/h5-6H,1-4H3,(H,15,16)(H,17,18). The van der Waals surface area contributed by atoms with Crippen LogP contribution < -0.4 is 4.74 Å². The summed E-state index contributed by atoms with van der Waals surface area (Å²) in [6, 6.07) is 1.92. The molecule has 0 bridgehead atoms. The van der Waals surface area contributed by atoms with Gasteiger partial charge in [0.15, 0.2) is 0 Å². The number of aromatic carboxylic acids is 1. The first-order valence-corrected chi connectivity index (χ1v) is 5.89. The Bertz CT molecular complexity index is 644. The highest BCUT2D eigenvalue weighted by atomic mass is 16.5. The average molecular weight is 260 g/mol. The molecule has 0 aliphatic rings. The summed E-state index contributed by atoms with van der Waals surface area (Å²) in [4.78, 5) is 11.2. The molecule has 0 aliphatic heterocycles. The first kappa shape index (κ1) is 13.1. The number of nitrogens with one attached hydrogen (secondary N) is 1. The van der Waals surface area contributed by atoms with Crippen molar-refractivity contribution in [3.8, 4) is 17.0 Å². The van der Waals surface area contributed by atoms with E-state index < -0.39 is 5.97 Å². The van der Waals surface area contributed by atoms with Crippen molar-refractivity contribution in [1.82, 2.24) is 10.2 Å². The largest absolute Gasteiger partial charge is 0.496 e. The third-order valence-electron chi connectivity index (χ3n) is 3.37. The molecule has 1 heterocycles. The summed E-state index contributed by atoms with van der Waals surface area (Å²) in [6.45, 7) is 5.84. The fourth-order valence-corrected chi connectivity index (χ4v) is 2.29. The zero-order valence-corrected chi connectivity index (χ0v) is 11.4. The molecule has 0 aliphatic carbocycles. The third kappa shape index (κ3) is 2.07. The minimum absolute atomic E-state index is 0.173. The second kappa shape index (κ2) is 4.76. The van der Waals surface area contributed by atoms with Gasteiger partial charge in [0, 0.05) is 5.56 Å². The summed E-state index contributed by atoms with van der Waals surface area (Å²) in [7, 11) is 1.63. The van der Waals surface area contributed by atoms with Crippen LogP contribution in [0, 0.1) is 20.8 Å². The van der Waals surface area contributed by atoms with Gasteiger partial charge in [-0.2, -0.15) is 5.10 Å². The molecule has 0 radical (unpaired) electrons. The Morgan fingerprint density at radius 3 is 2.58 bits per heavy atom. The molecule has 0 saturated carbocycles. The summed E-state index contributed by atoms with van der Waals surface area (Å²) in [6.07, 6.45) is 1.33. The SMILES string of the molecule is COc1c(C)cc(-c2[nH]ncc2C(=O)O)c(C)c1C. The molecule has 5 heteroatoms. The number of ether oxygens (including phenoxy) is 1. The van der Waals surface area contributed by atoms with Gasteiger partial charge < -0.3 is 9.84 Å². The minimum Gasteiger partial charge on any atom is -0.496 e. The van der Waals surface area contributed by atoms with E-state index in [0.717, 1.165) is 28.0 Å². The lowest BCUT2D eigenvalue weighted by Crippen LogP contribution is -2.01. The highest BCUT2D eigenvalue weighted by molar-refractivity contribution is 5.95. The number of carboxylic acid groups (broad SMARTS) is 1. The van der Waals surface area contributed by atoms with Crippen molar-refractivity contribution in [2.75, 3.05) is 7.11 Å². The van der Waals surface area contributed by atoms with E-state index in [-0.39, 0.29) is 5.56 Å². The van der Waals surface area contributed by atoms with E-state index in [1.807, 2.05) is 26.8 Å². The molecular formula is C14H16N2O3. The van der Waals surface area contributed by atoms with E-state index in [9.17, 15) is 4.79 Å². The molecule has 0 unspecified atom stereocenters. The van der Waals surface area contributed by atoms with Gasteiger partial charge in [-0.3, -0.25) is 5.10 Å². The topological polar surface area (TPSA) is 75.2 Å². The molecule has 1 aromatic carbocycles. The quantitative estimate of drug-likeness (QED) is 0.889. The first-order valence-electron chi connectivity index (χ1n) is 5.89. The highest BCUT2D eigenvalue weighted by Gasteiger charge is 2.18. The molecule has 0 fully saturated rings.